The van der Waals surface area contributed by atoms with Gasteiger partial charge in [-0.2, -0.15) is 0 Å². The van der Waals surface area contributed by atoms with Gasteiger partial charge in [-0.1, -0.05) is 17.7 Å². The number of carbonyl (C=O) groups excluding carboxylic acids is 1. The molecule has 1 saturated heterocycles. The highest BCUT2D eigenvalue weighted by Gasteiger charge is 2.30. The predicted octanol–water partition coefficient (Wildman–Crippen LogP) is 4.43. The molecular formula is C21H25ClN6O3. The average Bonchev–Trinajstić information content (AvgIpc) is 3.06. The number of hydrogen-bond donors (Lipinski definition) is 1. The summed E-state index contributed by atoms with van der Waals surface area (Å²) in [6.45, 7) is 6.70. The minimum Gasteiger partial charge on any atom is -0.444 e. The summed E-state index contributed by atoms with van der Waals surface area (Å²) in [6.07, 6.45) is 2.52. The highest BCUT2D eigenvalue weighted by Crippen LogP contribution is 2.35. The summed E-state index contributed by atoms with van der Waals surface area (Å²) in [5.41, 5.74) is 6.20. The van der Waals surface area contributed by atoms with E-state index >= 15 is 0 Å². The number of nitrogens with two attached hydrogens (primary N) is 1. The molecule has 0 spiro atoms. The van der Waals surface area contributed by atoms with Crippen molar-refractivity contribution in [2.24, 2.45) is 0 Å². The van der Waals surface area contributed by atoms with Crippen LogP contribution in [-0.2, 0) is 4.74 Å². The Balaban J connectivity index is 1.58. The van der Waals surface area contributed by atoms with Crippen LogP contribution in [0.5, 0.6) is 11.6 Å². The first-order chi connectivity index (χ1) is 14.7. The molecule has 0 unspecified atom stereocenters. The van der Waals surface area contributed by atoms with Gasteiger partial charge in [-0.25, -0.2) is 19.4 Å². The molecule has 3 heterocycles. The first-order valence-electron chi connectivity index (χ1n) is 10.1. The number of ether oxygens (including phenoxy) is 2. The second-order valence-corrected chi connectivity index (χ2v) is 8.90. The van der Waals surface area contributed by atoms with E-state index in [0.717, 1.165) is 0 Å². The van der Waals surface area contributed by atoms with Crippen molar-refractivity contribution < 1.29 is 14.3 Å². The zero-order valence-electron chi connectivity index (χ0n) is 17.7. The maximum Gasteiger partial charge on any atom is 0.410 e. The van der Waals surface area contributed by atoms with Crippen LogP contribution in [-0.4, -0.2) is 49.4 Å². The van der Waals surface area contributed by atoms with Crippen molar-refractivity contribution in [3.8, 4) is 11.6 Å². The summed E-state index contributed by atoms with van der Waals surface area (Å²) < 4.78 is 13.3. The molecular weight excluding hydrogens is 420 g/mol. The first-order valence-corrected chi connectivity index (χ1v) is 10.5. The fraction of sp³-hybridized carbons (Fsp3) is 0.429. The number of likely N-dealkylation sites (tertiary alicyclic amines) is 1. The fourth-order valence-electron chi connectivity index (χ4n) is 3.55. The van der Waals surface area contributed by atoms with E-state index in [2.05, 4.69) is 15.1 Å². The Bertz CT molecular complexity index is 1100. The van der Waals surface area contributed by atoms with Crippen LogP contribution >= 0.6 is 11.6 Å². The van der Waals surface area contributed by atoms with Crippen LogP contribution in [0.4, 0.5) is 10.6 Å². The lowest BCUT2D eigenvalue weighted by Crippen LogP contribution is -2.42. The van der Waals surface area contributed by atoms with Gasteiger partial charge in [0.05, 0.1) is 6.04 Å². The lowest BCUT2D eigenvalue weighted by molar-refractivity contribution is 0.0185. The molecule has 2 N–H and O–H groups in total. The minimum absolute atomic E-state index is 0.0344. The third-order valence-electron chi connectivity index (χ3n) is 4.96. The Hall–Kier alpha value is -3.07. The van der Waals surface area contributed by atoms with Gasteiger partial charge in [0.1, 0.15) is 28.9 Å². The number of rotatable bonds is 3. The third kappa shape index (κ3) is 4.66. The molecule has 9 nitrogen and oxygen atoms in total. The van der Waals surface area contributed by atoms with Gasteiger partial charge in [-0.05, 0) is 51.8 Å². The number of anilines is 1. The molecule has 1 aliphatic rings. The molecule has 0 bridgehead atoms. The Morgan fingerprint density at radius 2 is 1.97 bits per heavy atom. The van der Waals surface area contributed by atoms with E-state index in [9.17, 15) is 4.79 Å². The number of nitrogens with zero attached hydrogens (tertiary/aromatic N) is 5. The standard InChI is InChI=1S/C21H25ClN6O3/c1-21(2,3)31-20(29)27-9-7-14(8-10-27)28-18-16(17(23)24-12-25-18)19(26-28)30-15-6-4-5-13(22)11-15/h4-6,11-12,14H,7-10H2,1-3H3,(H2,23,24,25). The van der Waals surface area contributed by atoms with Gasteiger partial charge >= 0.3 is 6.09 Å². The number of hydrogen-bond acceptors (Lipinski definition) is 7. The fourth-order valence-corrected chi connectivity index (χ4v) is 3.73. The van der Waals surface area contributed by atoms with Crippen LogP contribution in [0.3, 0.4) is 0 Å². The van der Waals surface area contributed by atoms with Crippen molar-refractivity contribution in [3.63, 3.8) is 0 Å². The quantitative estimate of drug-likeness (QED) is 0.636. The summed E-state index contributed by atoms with van der Waals surface area (Å²) >= 11 is 6.07. The van der Waals surface area contributed by atoms with E-state index < -0.39 is 5.60 Å². The van der Waals surface area contributed by atoms with Gasteiger partial charge in [-0.3, -0.25) is 0 Å². The van der Waals surface area contributed by atoms with Crippen LogP contribution in [0.1, 0.15) is 39.7 Å². The number of nitrogen functional groups attached to an aromatic ring is 1. The highest BCUT2D eigenvalue weighted by atomic mass is 35.5. The van der Waals surface area contributed by atoms with Gasteiger partial charge in [0.25, 0.3) is 5.88 Å². The van der Waals surface area contributed by atoms with Crippen molar-refractivity contribution >= 4 is 34.5 Å². The van der Waals surface area contributed by atoms with Crippen molar-refractivity contribution in [1.29, 1.82) is 0 Å². The predicted molar refractivity (Wildman–Crippen MR) is 117 cm³/mol. The maximum absolute atomic E-state index is 12.4. The third-order valence-corrected chi connectivity index (χ3v) is 5.19. The molecule has 0 atom stereocenters. The van der Waals surface area contributed by atoms with E-state index in [1.165, 1.54) is 6.33 Å². The lowest BCUT2D eigenvalue weighted by atomic mass is 10.1. The molecule has 3 aromatic rings. The molecule has 1 amide bonds. The molecule has 0 aliphatic carbocycles. The molecule has 4 rings (SSSR count). The number of fused-ring (bicyclic) bond motifs is 1. The van der Waals surface area contributed by atoms with Gasteiger partial charge < -0.3 is 20.1 Å². The highest BCUT2D eigenvalue weighted by molar-refractivity contribution is 6.30. The summed E-state index contributed by atoms with van der Waals surface area (Å²) in [7, 11) is 0. The number of halogens is 1. The second-order valence-electron chi connectivity index (χ2n) is 8.47. The Kier molecular flexibility index (Phi) is 5.62. The topological polar surface area (TPSA) is 108 Å². The normalized spacial score (nSPS) is 15.3. The molecule has 10 heteroatoms. The minimum atomic E-state index is -0.521. The van der Waals surface area contributed by atoms with Gasteiger partial charge in [-0.15, -0.1) is 5.10 Å². The van der Waals surface area contributed by atoms with Crippen LogP contribution in [0.15, 0.2) is 30.6 Å². The number of benzene rings is 1. The number of carbonyl (C=O) groups is 1. The van der Waals surface area contributed by atoms with Crippen LogP contribution < -0.4 is 10.5 Å². The molecule has 164 valence electrons. The van der Waals surface area contributed by atoms with E-state index in [1.54, 1.807) is 29.2 Å². The molecule has 2 aromatic heterocycles. The van der Waals surface area contributed by atoms with Crippen molar-refractivity contribution in [1.82, 2.24) is 24.6 Å². The van der Waals surface area contributed by atoms with E-state index in [4.69, 9.17) is 26.8 Å². The summed E-state index contributed by atoms with van der Waals surface area (Å²) in [5.74, 6) is 1.16. The number of amides is 1. The Morgan fingerprint density at radius 3 is 2.65 bits per heavy atom. The SMILES string of the molecule is CC(C)(C)OC(=O)N1CCC(n2nc(Oc3cccc(Cl)c3)c3c(N)ncnc32)CC1. The Labute approximate surface area is 185 Å². The second kappa shape index (κ2) is 8.22. The smallest absolute Gasteiger partial charge is 0.410 e. The van der Waals surface area contributed by atoms with Crippen molar-refractivity contribution in [2.75, 3.05) is 18.8 Å². The monoisotopic (exact) mass is 444 g/mol. The number of aromatic nitrogens is 4. The van der Waals surface area contributed by atoms with Gasteiger partial charge in [0, 0.05) is 18.1 Å². The average molecular weight is 445 g/mol. The van der Waals surface area contributed by atoms with Crippen LogP contribution in [0.2, 0.25) is 5.02 Å². The van der Waals surface area contributed by atoms with E-state index in [0.29, 0.717) is 59.4 Å². The molecule has 0 radical (unpaired) electrons. The van der Waals surface area contributed by atoms with Gasteiger partial charge in [0.15, 0.2) is 5.65 Å². The zero-order valence-corrected chi connectivity index (χ0v) is 18.5. The lowest BCUT2D eigenvalue weighted by Gasteiger charge is -2.33. The largest absolute Gasteiger partial charge is 0.444 e. The first kappa shape index (κ1) is 21.2. The molecule has 1 aromatic carbocycles. The summed E-state index contributed by atoms with van der Waals surface area (Å²) in [6, 6.07) is 7.08. The molecule has 1 fully saturated rings. The molecule has 1 aliphatic heterocycles. The van der Waals surface area contributed by atoms with E-state index in [-0.39, 0.29) is 12.1 Å². The van der Waals surface area contributed by atoms with Crippen molar-refractivity contribution in [3.05, 3.63) is 35.6 Å². The number of piperidine rings is 1. The van der Waals surface area contributed by atoms with Crippen LogP contribution in [0, 0.1) is 0 Å². The van der Waals surface area contributed by atoms with Crippen LogP contribution in [0.25, 0.3) is 11.0 Å². The summed E-state index contributed by atoms with van der Waals surface area (Å²) in [5, 5.41) is 5.77. The molecule has 31 heavy (non-hydrogen) atoms. The van der Waals surface area contributed by atoms with E-state index in [1.807, 2.05) is 25.5 Å². The maximum atomic E-state index is 12.4. The summed E-state index contributed by atoms with van der Waals surface area (Å²) in [4.78, 5) is 22.6. The van der Waals surface area contributed by atoms with Gasteiger partial charge in [0.2, 0.25) is 0 Å². The molecule has 0 saturated carbocycles. The Morgan fingerprint density at radius 1 is 1.23 bits per heavy atom. The zero-order chi connectivity index (χ0) is 22.2. The van der Waals surface area contributed by atoms with Crippen molar-refractivity contribution in [2.45, 2.75) is 45.3 Å².